The van der Waals surface area contributed by atoms with Gasteiger partial charge < -0.3 is 15.0 Å². The Morgan fingerprint density at radius 2 is 1.82 bits per heavy atom. The fourth-order valence-electron chi connectivity index (χ4n) is 3.67. The zero-order chi connectivity index (χ0) is 16.4. The lowest BCUT2D eigenvalue weighted by Gasteiger charge is -2.37. The maximum Gasteiger partial charge on any atom is 0.342 e. The SMILES string of the molecule is CC(=O)Nc1[nH]cc(C)c1C(=O)OC1C(C)CC(C)CC1C. The average Bonchev–Trinajstić information content (AvgIpc) is 2.74. The third-order valence-electron chi connectivity index (χ3n) is 4.50. The summed E-state index contributed by atoms with van der Waals surface area (Å²) in [6.07, 6.45) is 3.79. The molecule has 0 aromatic carbocycles. The second-order valence-electron chi connectivity index (χ2n) is 6.80. The lowest BCUT2D eigenvalue weighted by molar-refractivity contribution is -0.114. The van der Waals surface area contributed by atoms with Crippen molar-refractivity contribution < 1.29 is 14.3 Å². The van der Waals surface area contributed by atoms with E-state index in [0.29, 0.717) is 29.1 Å². The van der Waals surface area contributed by atoms with Crippen LogP contribution in [0.1, 0.15) is 56.5 Å². The minimum Gasteiger partial charge on any atom is -0.458 e. The van der Waals surface area contributed by atoms with Crippen molar-refractivity contribution in [3.8, 4) is 0 Å². The molecule has 2 unspecified atom stereocenters. The summed E-state index contributed by atoms with van der Waals surface area (Å²) in [5.74, 6) is 1.21. The number of esters is 1. The van der Waals surface area contributed by atoms with Gasteiger partial charge in [0.25, 0.3) is 0 Å². The molecule has 1 aromatic rings. The Kier molecular flexibility index (Phi) is 4.94. The van der Waals surface area contributed by atoms with E-state index in [2.05, 4.69) is 31.1 Å². The molecule has 0 bridgehead atoms. The first-order valence-corrected chi connectivity index (χ1v) is 7.96. The van der Waals surface area contributed by atoms with Gasteiger partial charge in [0.15, 0.2) is 0 Å². The first-order valence-electron chi connectivity index (χ1n) is 7.96. The molecule has 2 N–H and O–H groups in total. The number of carbonyl (C=O) groups excluding carboxylic acids is 2. The van der Waals surface area contributed by atoms with Gasteiger partial charge in [-0.25, -0.2) is 4.79 Å². The summed E-state index contributed by atoms with van der Waals surface area (Å²) < 4.78 is 5.80. The summed E-state index contributed by atoms with van der Waals surface area (Å²) in [6, 6.07) is 0. The van der Waals surface area contributed by atoms with E-state index < -0.39 is 0 Å². The van der Waals surface area contributed by atoms with Crippen LogP contribution in [-0.4, -0.2) is 23.0 Å². The van der Waals surface area contributed by atoms with E-state index in [1.54, 1.807) is 6.20 Å². The number of rotatable bonds is 3. The van der Waals surface area contributed by atoms with Gasteiger partial charge in [0.2, 0.25) is 5.91 Å². The standard InChI is InChI=1S/C17H26N2O3/c1-9-6-10(2)15(11(3)7-9)22-17(21)14-12(4)8-18-16(14)19-13(5)20/h8-11,15,18H,6-7H2,1-5H3,(H,19,20). The molecule has 0 spiro atoms. The summed E-state index contributed by atoms with van der Waals surface area (Å²) in [4.78, 5) is 26.7. The van der Waals surface area contributed by atoms with Gasteiger partial charge in [-0.15, -0.1) is 0 Å². The van der Waals surface area contributed by atoms with Crippen LogP contribution in [0.15, 0.2) is 6.20 Å². The zero-order valence-electron chi connectivity index (χ0n) is 14.0. The minimum atomic E-state index is -0.360. The molecule has 2 atom stereocenters. The number of aryl methyl sites for hydroxylation is 1. The van der Waals surface area contributed by atoms with Crippen molar-refractivity contribution in [2.24, 2.45) is 17.8 Å². The third kappa shape index (κ3) is 3.51. The molecule has 1 amide bonds. The number of carbonyl (C=O) groups is 2. The summed E-state index contributed by atoms with van der Waals surface area (Å²) >= 11 is 0. The number of amides is 1. The Morgan fingerprint density at radius 3 is 2.36 bits per heavy atom. The quantitative estimate of drug-likeness (QED) is 0.839. The van der Waals surface area contributed by atoms with Gasteiger partial charge in [-0.05, 0) is 43.1 Å². The number of ether oxygens (including phenoxy) is 1. The van der Waals surface area contributed by atoms with E-state index in [0.717, 1.165) is 18.4 Å². The molecular weight excluding hydrogens is 280 g/mol. The van der Waals surface area contributed by atoms with E-state index in [9.17, 15) is 9.59 Å². The van der Waals surface area contributed by atoms with Gasteiger partial charge in [-0.2, -0.15) is 0 Å². The second-order valence-corrected chi connectivity index (χ2v) is 6.80. The number of nitrogens with one attached hydrogen (secondary N) is 2. The van der Waals surface area contributed by atoms with Crippen molar-refractivity contribution in [1.82, 2.24) is 4.98 Å². The molecule has 0 saturated heterocycles. The van der Waals surface area contributed by atoms with E-state index in [4.69, 9.17) is 4.74 Å². The van der Waals surface area contributed by atoms with Crippen molar-refractivity contribution in [1.29, 1.82) is 0 Å². The van der Waals surface area contributed by atoms with Crippen molar-refractivity contribution >= 4 is 17.7 Å². The van der Waals surface area contributed by atoms with Crippen molar-refractivity contribution in [2.75, 3.05) is 5.32 Å². The fraction of sp³-hybridized carbons (Fsp3) is 0.647. The molecule has 5 nitrogen and oxygen atoms in total. The van der Waals surface area contributed by atoms with Gasteiger partial charge in [-0.3, -0.25) is 4.79 Å². The molecule has 1 aliphatic carbocycles. The highest BCUT2D eigenvalue weighted by Crippen LogP contribution is 2.35. The van der Waals surface area contributed by atoms with Crippen molar-refractivity contribution in [3.05, 3.63) is 17.3 Å². The molecule has 2 rings (SSSR count). The first-order chi connectivity index (χ1) is 10.3. The summed E-state index contributed by atoms with van der Waals surface area (Å²) in [6.45, 7) is 9.77. The highest BCUT2D eigenvalue weighted by molar-refractivity contribution is 6.01. The predicted octanol–water partition coefficient (Wildman–Crippen LogP) is 3.51. The average molecular weight is 306 g/mol. The van der Waals surface area contributed by atoms with Crippen LogP contribution in [0.3, 0.4) is 0 Å². The predicted molar refractivity (Wildman–Crippen MR) is 85.8 cm³/mol. The van der Waals surface area contributed by atoms with Gasteiger partial charge in [0.1, 0.15) is 17.5 Å². The van der Waals surface area contributed by atoms with Crippen molar-refractivity contribution in [2.45, 2.75) is 53.6 Å². The molecule has 1 saturated carbocycles. The maximum atomic E-state index is 12.6. The highest BCUT2D eigenvalue weighted by atomic mass is 16.5. The molecule has 122 valence electrons. The Morgan fingerprint density at radius 1 is 1.23 bits per heavy atom. The number of aromatic nitrogens is 1. The molecule has 5 heteroatoms. The molecule has 0 aliphatic heterocycles. The van der Waals surface area contributed by atoms with Gasteiger partial charge in [-0.1, -0.05) is 20.8 Å². The van der Waals surface area contributed by atoms with Crippen LogP contribution < -0.4 is 5.32 Å². The van der Waals surface area contributed by atoms with Crippen LogP contribution in [0.5, 0.6) is 0 Å². The lowest BCUT2D eigenvalue weighted by Crippen LogP contribution is -2.37. The number of hydrogen-bond acceptors (Lipinski definition) is 3. The van der Waals surface area contributed by atoms with Crippen LogP contribution in [0.25, 0.3) is 0 Å². The van der Waals surface area contributed by atoms with Gasteiger partial charge in [0.05, 0.1) is 0 Å². The Bertz CT molecular complexity index is 552. The normalized spacial score (nSPS) is 28.2. The largest absolute Gasteiger partial charge is 0.458 e. The van der Waals surface area contributed by atoms with E-state index in [1.165, 1.54) is 6.92 Å². The molecule has 1 fully saturated rings. The number of anilines is 1. The minimum absolute atomic E-state index is 0.0665. The van der Waals surface area contributed by atoms with E-state index in [-0.39, 0.29) is 18.0 Å². The lowest BCUT2D eigenvalue weighted by atomic mass is 9.75. The molecule has 22 heavy (non-hydrogen) atoms. The Hall–Kier alpha value is -1.78. The smallest absolute Gasteiger partial charge is 0.342 e. The molecular formula is C17H26N2O3. The van der Waals surface area contributed by atoms with Gasteiger partial charge in [0, 0.05) is 13.1 Å². The van der Waals surface area contributed by atoms with Crippen LogP contribution in [-0.2, 0) is 9.53 Å². The van der Waals surface area contributed by atoms with E-state index in [1.807, 2.05) is 6.92 Å². The summed E-state index contributed by atoms with van der Waals surface area (Å²) in [5.41, 5.74) is 1.20. The summed E-state index contributed by atoms with van der Waals surface area (Å²) in [7, 11) is 0. The van der Waals surface area contributed by atoms with Crippen LogP contribution in [0.2, 0.25) is 0 Å². The zero-order valence-corrected chi connectivity index (χ0v) is 14.0. The highest BCUT2D eigenvalue weighted by Gasteiger charge is 2.35. The third-order valence-corrected chi connectivity index (χ3v) is 4.50. The van der Waals surface area contributed by atoms with Gasteiger partial charge >= 0.3 is 5.97 Å². The maximum absolute atomic E-state index is 12.6. The van der Waals surface area contributed by atoms with Crippen LogP contribution in [0.4, 0.5) is 5.82 Å². The van der Waals surface area contributed by atoms with Crippen LogP contribution >= 0.6 is 0 Å². The Balaban J connectivity index is 2.15. The van der Waals surface area contributed by atoms with Crippen molar-refractivity contribution in [3.63, 3.8) is 0 Å². The second kappa shape index (κ2) is 6.55. The number of H-pyrrole nitrogens is 1. The number of hydrogen-bond donors (Lipinski definition) is 2. The Labute approximate surface area is 131 Å². The molecule has 0 radical (unpaired) electrons. The summed E-state index contributed by atoms with van der Waals surface area (Å²) in [5, 5.41) is 2.65. The van der Waals surface area contributed by atoms with Crippen LogP contribution in [0, 0.1) is 24.7 Å². The molecule has 1 heterocycles. The molecule has 1 aromatic heterocycles. The first kappa shape index (κ1) is 16.6. The topological polar surface area (TPSA) is 71.2 Å². The fourth-order valence-corrected chi connectivity index (χ4v) is 3.67. The van der Waals surface area contributed by atoms with E-state index >= 15 is 0 Å². The number of aromatic amines is 1. The molecule has 1 aliphatic rings. The monoisotopic (exact) mass is 306 g/mol.